The van der Waals surface area contributed by atoms with Crippen molar-refractivity contribution in [1.29, 1.82) is 0 Å². The smallest absolute Gasteiger partial charge is 0.406 e. The van der Waals surface area contributed by atoms with Gasteiger partial charge in [0.2, 0.25) is 0 Å². The predicted molar refractivity (Wildman–Crippen MR) is 59.9 cm³/mol. The first-order valence-electron chi connectivity index (χ1n) is 4.77. The van der Waals surface area contributed by atoms with Gasteiger partial charge in [-0.1, -0.05) is 19.1 Å². The molecular weight excluding hydrogens is 237 g/mol. The summed E-state index contributed by atoms with van der Waals surface area (Å²) in [5, 5.41) is 0. The maximum absolute atomic E-state index is 12.0. The van der Waals surface area contributed by atoms with Crippen LogP contribution in [-0.2, 0) is 0 Å². The highest BCUT2D eigenvalue weighted by Crippen LogP contribution is 2.27. The van der Waals surface area contributed by atoms with Gasteiger partial charge in [-0.15, -0.1) is 13.2 Å². The zero-order chi connectivity index (χ0) is 12.2. The van der Waals surface area contributed by atoms with Crippen molar-refractivity contribution in [3.8, 4) is 5.75 Å². The van der Waals surface area contributed by atoms with E-state index in [9.17, 15) is 13.2 Å². The molecule has 0 aliphatic carbocycles. The van der Waals surface area contributed by atoms with E-state index in [0.29, 0.717) is 0 Å². The number of thioether (sulfide) groups is 1. The van der Waals surface area contributed by atoms with Gasteiger partial charge in [0.15, 0.2) is 0 Å². The van der Waals surface area contributed by atoms with Gasteiger partial charge >= 0.3 is 6.36 Å². The van der Waals surface area contributed by atoms with Crippen molar-refractivity contribution in [2.45, 2.75) is 19.2 Å². The van der Waals surface area contributed by atoms with Crippen molar-refractivity contribution in [1.82, 2.24) is 0 Å². The van der Waals surface area contributed by atoms with Crippen LogP contribution in [-0.4, -0.2) is 18.4 Å². The van der Waals surface area contributed by atoms with Crippen LogP contribution < -0.4 is 4.74 Å². The van der Waals surface area contributed by atoms with Gasteiger partial charge < -0.3 is 4.74 Å². The number of alkyl halides is 3. The Labute approximate surface area is 97.0 Å². The van der Waals surface area contributed by atoms with E-state index >= 15 is 0 Å². The molecular formula is C11H13F3OS. The maximum atomic E-state index is 12.0. The molecule has 1 nitrogen and oxygen atoms in total. The maximum Gasteiger partial charge on any atom is 0.573 e. The standard InChI is InChI=1S/C11H13F3OS/c1-8(7-16-2)9-4-3-5-10(6-9)15-11(12,13)14/h3-6,8H,7H2,1-2H3. The zero-order valence-corrected chi connectivity index (χ0v) is 9.86. The van der Waals surface area contributed by atoms with Gasteiger partial charge in [-0.2, -0.15) is 11.8 Å². The van der Waals surface area contributed by atoms with Crippen LogP contribution in [0.5, 0.6) is 5.75 Å². The van der Waals surface area contributed by atoms with Crippen molar-refractivity contribution in [3.63, 3.8) is 0 Å². The minimum atomic E-state index is -4.62. The topological polar surface area (TPSA) is 9.23 Å². The molecule has 0 saturated carbocycles. The van der Waals surface area contributed by atoms with E-state index in [1.165, 1.54) is 12.1 Å². The molecule has 0 amide bonds. The van der Waals surface area contributed by atoms with Crippen molar-refractivity contribution in [3.05, 3.63) is 29.8 Å². The number of hydrogen-bond donors (Lipinski definition) is 0. The number of halogens is 3. The first kappa shape index (κ1) is 13.2. The lowest BCUT2D eigenvalue weighted by atomic mass is 10.0. The summed E-state index contributed by atoms with van der Waals surface area (Å²) in [5.41, 5.74) is 0.858. The van der Waals surface area contributed by atoms with E-state index in [4.69, 9.17) is 0 Å². The Balaban J connectivity index is 2.78. The predicted octanol–water partition coefficient (Wildman–Crippen LogP) is 4.05. The molecule has 0 heterocycles. The van der Waals surface area contributed by atoms with Gasteiger partial charge in [-0.3, -0.25) is 0 Å². The van der Waals surface area contributed by atoms with Crippen molar-refractivity contribution in [2.24, 2.45) is 0 Å². The molecule has 0 spiro atoms. The average Bonchev–Trinajstić information content (AvgIpc) is 2.16. The first-order valence-corrected chi connectivity index (χ1v) is 6.16. The molecule has 0 saturated heterocycles. The molecule has 0 aliphatic rings. The Morgan fingerprint density at radius 2 is 2.06 bits per heavy atom. The molecule has 0 aliphatic heterocycles. The number of benzene rings is 1. The lowest BCUT2D eigenvalue weighted by Crippen LogP contribution is -2.17. The molecule has 0 N–H and O–H groups in total. The highest BCUT2D eigenvalue weighted by molar-refractivity contribution is 7.98. The molecule has 1 unspecified atom stereocenters. The number of rotatable bonds is 4. The summed E-state index contributed by atoms with van der Waals surface area (Å²) in [6.45, 7) is 1.98. The van der Waals surface area contributed by atoms with Crippen LogP contribution in [0.15, 0.2) is 24.3 Å². The summed E-state index contributed by atoms with van der Waals surface area (Å²) in [5.74, 6) is 0.930. The van der Waals surface area contributed by atoms with E-state index < -0.39 is 6.36 Å². The molecule has 1 aromatic rings. The summed E-state index contributed by atoms with van der Waals surface area (Å²) in [4.78, 5) is 0. The van der Waals surface area contributed by atoms with E-state index in [-0.39, 0.29) is 11.7 Å². The number of ether oxygens (including phenoxy) is 1. The molecule has 0 radical (unpaired) electrons. The fourth-order valence-electron chi connectivity index (χ4n) is 1.36. The summed E-state index contributed by atoms with van der Waals surface area (Å²) >= 11 is 1.66. The second kappa shape index (κ2) is 5.48. The monoisotopic (exact) mass is 250 g/mol. The second-order valence-electron chi connectivity index (χ2n) is 3.48. The normalized spacial score (nSPS) is 13.6. The highest BCUT2D eigenvalue weighted by atomic mass is 32.2. The van der Waals surface area contributed by atoms with Gasteiger partial charge in [0.25, 0.3) is 0 Å². The van der Waals surface area contributed by atoms with E-state index in [2.05, 4.69) is 4.74 Å². The first-order chi connectivity index (χ1) is 7.42. The Morgan fingerprint density at radius 3 is 2.62 bits per heavy atom. The summed E-state index contributed by atoms with van der Waals surface area (Å²) in [6.07, 6.45) is -2.66. The van der Waals surface area contributed by atoms with Crippen LogP contribution >= 0.6 is 11.8 Å². The fraction of sp³-hybridized carbons (Fsp3) is 0.455. The van der Waals surface area contributed by atoms with Crippen LogP contribution in [0.1, 0.15) is 18.4 Å². The largest absolute Gasteiger partial charge is 0.573 e. The summed E-state index contributed by atoms with van der Waals surface area (Å²) in [6, 6.07) is 6.13. The Kier molecular flexibility index (Phi) is 4.53. The summed E-state index contributed by atoms with van der Waals surface area (Å²) in [7, 11) is 0. The lowest BCUT2D eigenvalue weighted by molar-refractivity contribution is -0.274. The SMILES string of the molecule is CSCC(C)c1cccc(OC(F)(F)F)c1. The summed E-state index contributed by atoms with van der Waals surface area (Å²) < 4.78 is 39.9. The van der Waals surface area contributed by atoms with E-state index in [1.807, 2.05) is 19.2 Å². The minimum Gasteiger partial charge on any atom is -0.406 e. The quantitative estimate of drug-likeness (QED) is 0.797. The molecule has 1 rings (SSSR count). The lowest BCUT2D eigenvalue weighted by Gasteiger charge is -2.13. The Bertz CT molecular complexity index is 338. The molecule has 0 bridgehead atoms. The van der Waals surface area contributed by atoms with E-state index in [1.54, 1.807) is 17.8 Å². The molecule has 1 aromatic carbocycles. The molecule has 0 aromatic heterocycles. The third-order valence-electron chi connectivity index (χ3n) is 2.08. The van der Waals surface area contributed by atoms with Crippen molar-refractivity contribution < 1.29 is 17.9 Å². The van der Waals surface area contributed by atoms with Gasteiger partial charge in [0.05, 0.1) is 0 Å². The van der Waals surface area contributed by atoms with Crippen LogP contribution in [0.2, 0.25) is 0 Å². The van der Waals surface area contributed by atoms with Crippen LogP contribution in [0.25, 0.3) is 0 Å². The average molecular weight is 250 g/mol. The minimum absolute atomic E-state index is 0.155. The van der Waals surface area contributed by atoms with Crippen LogP contribution in [0.4, 0.5) is 13.2 Å². The zero-order valence-electron chi connectivity index (χ0n) is 9.04. The van der Waals surface area contributed by atoms with Crippen LogP contribution in [0.3, 0.4) is 0 Å². The highest BCUT2D eigenvalue weighted by Gasteiger charge is 2.31. The van der Waals surface area contributed by atoms with Crippen molar-refractivity contribution >= 4 is 11.8 Å². The third-order valence-corrected chi connectivity index (χ3v) is 2.91. The molecule has 90 valence electrons. The second-order valence-corrected chi connectivity index (χ2v) is 4.39. The molecule has 5 heteroatoms. The Hall–Kier alpha value is -0.840. The van der Waals surface area contributed by atoms with Gasteiger partial charge in [-0.25, -0.2) is 0 Å². The van der Waals surface area contributed by atoms with Crippen molar-refractivity contribution in [2.75, 3.05) is 12.0 Å². The van der Waals surface area contributed by atoms with Gasteiger partial charge in [0.1, 0.15) is 5.75 Å². The molecule has 1 atom stereocenters. The number of hydrogen-bond acceptors (Lipinski definition) is 2. The molecule has 0 fully saturated rings. The Morgan fingerprint density at radius 1 is 1.38 bits per heavy atom. The fourth-order valence-corrected chi connectivity index (χ4v) is 2.06. The molecule has 16 heavy (non-hydrogen) atoms. The van der Waals surface area contributed by atoms with Gasteiger partial charge in [-0.05, 0) is 35.6 Å². The van der Waals surface area contributed by atoms with Gasteiger partial charge in [0, 0.05) is 0 Å². The third kappa shape index (κ3) is 4.35. The van der Waals surface area contributed by atoms with E-state index in [0.717, 1.165) is 11.3 Å². The van der Waals surface area contributed by atoms with Crippen LogP contribution in [0, 0.1) is 0 Å².